The second-order valence-electron chi connectivity index (χ2n) is 4.03. The van der Waals surface area contributed by atoms with Gasteiger partial charge >= 0.3 is 0 Å². The molecule has 18 heavy (non-hydrogen) atoms. The molecule has 0 aliphatic rings. The fourth-order valence-electron chi connectivity index (χ4n) is 1.91. The maximum atomic E-state index is 4.79. The highest BCUT2D eigenvalue weighted by Crippen LogP contribution is 2.35. The fraction of sp³-hybridized carbons (Fsp3) is 0.462. The van der Waals surface area contributed by atoms with Crippen molar-refractivity contribution in [2.75, 3.05) is 6.54 Å². The third-order valence-electron chi connectivity index (χ3n) is 2.81. The van der Waals surface area contributed by atoms with Crippen molar-refractivity contribution in [3.63, 3.8) is 0 Å². The fourth-order valence-corrected chi connectivity index (χ4v) is 4.76. The first kappa shape index (κ1) is 14.2. The van der Waals surface area contributed by atoms with Crippen molar-refractivity contribution in [1.82, 2.24) is 10.3 Å². The molecule has 0 bridgehead atoms. The first-order valence-electron chi connectivity index (χ1n) is 6.09. The molecule has 0 saturated carbocycles. The largest absolute Gasteiger partial charge is 0.304 e. The molecule has 0 spiro atoms. The molecular weight excluding hydrogens is 328 g/mol. The van der Waals surface area contributed by atoms with Crippen molar-refractivity contribution in [3.8, 4) is 0 Å². The number of rotatable bonds is 5. The average Bonchev–Trinajstić information content (AvgIpc) is 2.92. The topological polar surface area (TPSA) is 24.9 Å². The molecule has 2 aromatic heterocycles. The lowest BCUT2D eigenvalue weighted by Crippen LogP contribution is -2.21. The van der Waals surface area contributed by atoms with Crippen molar-refractivity contribution in [1.29, 1.82) is 0 Å². The highest BCUT2D eigenvalue weighted by molar-refractivity contribution is 9.10. The van der Waals surface area contributed by atoms with E-state index in [1.165, 1.54) is 24.9 Å². The van der Waals surface area contributed by atoms with Crippen molar-refractivity contribution in [2.45, 2.75) is 33.2 Å². The van der Waals surface area contributed by atoms with Gasteiger partial charge < -0.3 is 5.32 Å². The Kier molecular flexibility index (Phi) is 4.95. The molecule has 1 atom stereocenters. The Hall–Kier alpha value is -0.230. The van der Waals surface area contributed by atoms with Crippen LogP contribution in [0.25, 0.3) is 0 Å². The standard InChI is InChI=1S/C13H17BrN2S2/c1-4-10-8(3)18-13(16-10)11(15-5-2)12-9(14)6-7-17-12/h6-7,11,15H,4-5H2,1-3H3. The number of hydrogen-bond acceptors (Lipinski definition) is 4. The van der Waals surface area contributed by atoms with Crippen LogP contribution in [0.5, 0.6) is 0 Å². The minimum absolute atomic E-state index is 0.216. The van der Waals surface area contributed by atoms with Gasteiger partial charge in [-0.05, 0) is 47.3 Å². The Morgan fingerprint density at radius 3 is 2.72 bits per heavy atom. The van der Waals surface area contributed by atoms with Crippen molar-refractivity contribution in [3.05, 3.63) is 36.4 Å². The van der Waals surface area contributed by atoms with Gasteiger partial charge in [-0.15, -0.1) is 22.7 Å². The van der Waals surface area contributed by atoms with E-state index in [1.54, 1.807) is 22.7 Å². The zero-order valence-electron chi connectivity index (χ0n) is 10.8. The molecule has 0 aliphatic carbocycles. The number of thiophene rings is 1. The number of aromatic nitrogens is 1. The zero-order valence-corrected chi connectivity index (χ0v) is 14.0. The number of halogens is 1. The van der Waals surface area contributed by atoms with Gasteiger partial charge in [-0.3, -0.25) is 0 Å². The Bertz CT molecular complexity index is 519. The summed E-state index contributed by atoms with van der Waals surface area (Å²) >= 11 is 7.20. The number of aryl methyl sites for hydroxylation is 2. The molecular formula is C13H17BrN2S2. The van der Waals surface area contributed by atoms with Gasteiger partial charge in [0.25, 0.3) is 0 Å². The van der Waals surface area contributed by atoms with Gasteiger partial charge in [0.1, 0.15) is 5.01 Å². The number of thiazole rings is 1. The van der Waals surface area contributed by atoms with Gasteiger partial charge in [0.2, 0.25) is 0 Å². The van der Waals surface area contributed by atoms with Gasteiger partial charge in [-0.25, -0.2) is 4.98 Å². The van der Waals surface area contributed by atoms with Crippen LogP contribution < -0.4 is 5.32 Å². The average molecular weight is 345 g/mol. The molecule has 5 heteroatoms. The Labute approximate surface area is 125 Å². The molecule has 1 unspecified atom stereocenters. The van der Waals surface area contributed by atoms with Crippen LogP contribution in [-0.4, -0.2) is 11.5 Å². The molecule has 0 aliphatic heterocycles. The number of nitrogens with zero attached hydrogens (tertiary/aromatic N) is 1. The SMILES string of the molecule is CCNC(c1nc(CC)c(C)s1)c1sccc1Br. The summed E-state index contributed by atoms with van der Waals surface area (Å²) in [7, 11) is 0. The van der Waals surface area contributed by atoms with E-state index in [0.29, 0.717) is 0 Å². The minimum atomic E-state index is 0.216. The van der Waals surface area contributed by atoms with E-state index >= 15 is 0 Å². The summed E-state index contributed by atoms with van der Waals surface area (Å²) in [5.41, 5.74) is 1.23. The third-order valence-corrected chi connectivity index (χ3v) is 5.82. The van der Waals surface area contributed by atoms with Crippen molar-refractivity contribution < 1.29 is 0 Å². The van der Waals surface area contributed by atoms with Crippen LogP contribution in [0.4, 0.5) is 0 Å². The summed E-state index contributed by atoms with van der Waals surface area (Å²) in [5, 5.41) is 6.83. The van der Waals surface area contributed by atoms with E-state index in [0.717, 1.165) is 13.0 Å². The lowest BCUT2D eigenvalue weighted by atomic mass is 10.2. The molecule has 0 radical (unpaired) electrons. The maximum Gasteiger partial charge on any atom is 0.116 e. The molecule has 0 fully saturated rings. The van der Waals surface area contributed by atoms with E-state index in [9.17, 15) is 0 Å². The van der Waals surface area contributed by atoms with E-state index < -0.39 is 0 Å². The quantitative estimate of drug-likeness (QED) is 0.861. The second kappa shape index (κ2) is 6.28. The first-order chi connectivity index (χ1) is 8.67. The summed E-state index contributed by atoms with van der Waals surface area (Å²) < 4.78 is 1.17. The van der Waals surface area contributed by atoms with E-state index in [-0.39, 0.29) is 6.04 Å². The van der Waals surface area contributed by atoms with Crippen LogP contribution in [0.1, 0.15) is 40.3 Å². The van der Waals surface area contributed by atoms with Crippen molar-refractivity contribution >= 4 is 38.6 Å². The smallest absolute Gasteiger partial charge is 0.116 e. The second-order valence-corrected chi connectivity index (χ2v) is 7.07. The van der Waals surface area contributed by atoms with Gasteiger partial charge in [0.05, 0.1) is 11.7 Å². The summed E-state index contributed by atoms with van der Waals surface area (Å²) in [5.74, 6) is 0. The lowest BCUT2D eigenvalue weighted by Gasteiger charge is -2.14. The number of nitrogens with one attached hydrogen (secondary N) is 1. The van der Waals surface area contributed by atoms with E-state index in [2.05, 4.69) is 53.5 Å². The molecule has 1 N–H and O–H groups in total. The van der Waals surface area contributed by atoms with Gasteiger partial charge in [0.15, 0.2) is 0 Å². The van der Waals surface area contributed by atoms with Gasteiger partial charge in [-0.2, -0.15) is 0 Å². The van der Waals surface area contributed by atoms with Crippen LogP contribution >= 0.6 is 38.6 Å². The first-order valence-corrected chi connectivity index (χ1v) is 8.58. The van der Waals surface area contributed by atoms with E-state index in [4.69, 9.17) is 4.98 Å². The lowest BCUT2D eigenvalue weighted by molar-refractivity contribution is 0.632. The van der Waals surface area contributed by atoms with Crippen LogP contribution in [0.2, 0.25) is 0 Å². The summed E-state index contributed by atoms with van der Waals surface area (Å²) in [6.45, 7) is 7.40. The van der Waals surface area contributed by atoms with Crippen LogP contribution in [0.15, 0.2) is 15.9 Å². The summed E-state index contributed by atoms with van der Waals surface area (Å²) in [4.78, 5) is 7.44. The Morgan fingerprint density at radius 1 is 1.44 bits per heavy atom. The van der Waals surface area contributed by atoms with Crippen LogP contribution in [0.3, 0.4) is 0 Å². The monoisotopic (exact) mass is 344 g/mol. The van der Waals surface area contributed by atoms with Crippen LogP contribution in [-0.2, 0) is 6.42 Å². The molecule has 2 aromatic rings. The Balaban J connectivity index is 2.38. The third kappa shape index (κ3) is 2.85. The highest BCUT2D eigenvalue weighted by atomic mass is 79.9. The van der Waals surface area contributed by atoms with Crippen molar-refractivity contribution in [2.24, 2.45) is 0 Å². The minimum Gasteiger partial charge on any atom is -0.304 e. The predicted octanol–water partition coefficient (Wildman–Crippen LogP) is 4.54. The number of hydrogen-bond donors (Lipinski definition) is 1. The summed E-state index contributed by atoms with van der Waals surface area (Å²) in [6, 6.07) is 2.32. The molecule has 2 rings (SSSR count). The molecule has 2 nitrogen and oxygen atoms in total. The molecule has 0 amide bonds. The zero-order chi connectivity index (χ0) is 13.1. The van der Waals surface area contributed by atoms with E-state index in [1.807, 2.05) is 0 Å². The predicted molar refractivity (Wildman–Crippen MR) is 83.8 cm³/mol. The maximum absolute atomic E-state index is 4.79. The molecule has 0 saturated heterocycles. The van der Waals surface area contributed by atoms with Crippen LogP contribution in [0, 0.1) is 6.92 Å². The molecule has 98 valence electrons. The highest BCUT2D eigenvalue weighted by Gasteiger charge is 2.21. The van der Waals surface area contributed by atoms with Gasteiger partial charge in [-0.1, -0.05) is 13.8 Å². The molecule has 0 aromatic carbocycles. The summed E-state index contributed by atoms with van der Waals surface area (Å²) in [6.07, 6.45) is 1.01. The Morgan fingerprint density at radius 2 is 2.22 bits per heavy atom. The normalized spacial score (nSPS) is 12.9. The molecule has 2 heterocycles. The van der Waals surface area contributed by atoms with Gasteiger partial charge in [0, 0.05) is 14.2 Å².